The Balaban J connectivity index is 1.94. The van der Waals surface area contributed by atoms with Crippen molar-refractivity contribution >= 4 is 17.5 Å². The van der Waals surface area contributed by atoms with Gasteiger partial charge >= 0.3 is 0 Å². The van der Waals surface area contributed by atoms with Gasteiger partial charge in [-0.15, -0.1) is 0 Å². The quantitative estimate of drug-likeness (QED) is 0.844. The van der Waals surface area contributed by atoms with Gasteiger partial charge in [0.1, 0.15) is 11.9 Å². The second kappa shape index (κ2) is 8.54. The van der Waals surface area contributed by atoms with Gasteiger partial charge in [-0.25, -0.2) is 0 Å². The van der Waals surface area contributed by atoms with Crippen LogP contribution in [0.15, 0.2) is 42.5 Å². The average Bonchev–Trinajstić information content (AvgIpc) is 2.67. The molecule has 26 heavy (non-hydrogen) atoms. The smallest absolute Gasteiger partial charge is 0.251 e. The molecule has 0 aromatic heterocycles. The molecule has 1 aliphatic heterocycles. The third-order valence-electron chi connectivity index (χ3n) is 4.51. The summed E-state index contributed by atoms with van der Waals surface area (Å²) in [6.45, 7) is 3.78. The molecule has 1 amide bonds. The highest BCUT2D eigenvalue weighted by Crippen LogP contribution is 2.31. The van der Waals surface area contributed by atoms with Gasteiger partial charge in [-0.1, -0.05) is 35.9 Å². The Hall–Kier alpha value is -2.08. The highest BCUT2D eigenvalue weighted by atomic mass is 35.5. The first-order chi connectivity index (χ1) is 12.6. The maximum Gasteiger partial charge on any atom is 0.251 e. The van der Waals surface area contributed by atoms with Crippen molar-refractivity contribution in [3.63, 3.8) is 0 Å². The molecule has 2 unspecified atom stereocenters. The average molecular weight is 375 g/mol. The Morgan fingerprint density at radius 1 is 1.31 bits per heavy atom. The number of hydrogen-bond donors (Lipinski definition) is 2. The van der Waals surface area contributed by atoms with Gasteiger partial charge in [-0.2, -0.15) is 0 Å². The van der Waals surface area contributed by atoms with Gasteiger partial charge in [0, 0.05) is 18.1 Å². The minimum atomic E-state index is -0.507. The molecule has 0 spiro atoms. The van der Waals surface area contributed by atoms with E-state index in [2.05, 4.69) is 10.6 Å². The number of amides is 1. The molecule has 2 aromatic carbocycles. The van der Waals surface area contributed by atoms with Crippen LogP contribution in [0.2, 0.25) is 5.02 Å². The molecule has 2 N–H and O–H groups in total. The molecule has 138 valence electrons. The summed E-state index contributed by atoms with van der Waals surface area (Å²) >= 11 is 6.43. The van der Waals surface area contributed by atoms with Crippen LogP contribution in [0.25, 0.3) is 0 Å². The molecule has 6 heteroatoms. The largest absolute Gasteiger partial charge is 0.497 e. The Kier molecular flexibility index (Phi) is 6.14. The number of halogens is 1. The highest BCUT2D eigenvalue weighted by Gasteiger charge is 2.27. The highest BCUT2D eigenvalue weighted by molar-refractivity contribution is 6.31. The van der Waals surface area contributed by atoms with Crippen LogP contribution in [0, 0.1) is 6.92 Å². The number of rotatable bonds is 5. The minimum Gasteiger partial charge on any atom is -0.497 e. The van der Waals surface area contributed by atoms with Crippen molar-refractivity contribution in [2.24, 2.45) is 0 Å². The predicted molar refractivity (Wildman–Crippen MR) is 102 cm³/mol. The third kappa shape index (κ3) is 4.18. The van der Waals surface area contributed by atoms with Crippen LogP contribution < -0.4 is 15.4 Å². The summed E-state index contributed by atoms with van der Waals surface area (Å²) in [4.78, 5) is 12.8. The summed E-state index contributed by atoms with van der Waals surface area (Å²) in [6.07, 6.45) is -0.507. The Bertz CT molecular complexity index is 775. The van der Waals surface area contributed by atoms with Gasteiger partial charge in [0.15, 0.2) is 0 Å². The van der Waals surface area contributed by atoms with Crippen LogP contribution in [0.5, 0.6) is 5.75 Å². The van der Waals surface area contributed by atoms with Crippen LogP contribution in [-0.4, -0.2) is 38.8 Å². The fraction of sp³-hybridized carbons (Fsp3) is 0.350. The van der Waals surface area contributed by atoms with Crippen LogP contribution >= 0.6 is 11.6 Å². The summed E-state index contributed by atoms with van der Waals surface area (Å²) in [5.41, 5.74) is 2.83. The van der Waals surface area contributed by atoms with E-state index < -0.39 is 6.10 Å². The number of nitrogens with one attached hydrogen (secondary N) is 2. The third-order valence-corrected chi connectivity index (χ3v) is 4.86. The van der Waals surface area contributed by atoms with E-state index >= 15 is 0 Å². The lowest BCUT2D eigenvalue weighted by molar-refractivity contribution is -0.134. The maximum atomic E-state index is 12.8. The van der Waals surface area contributed by atoms with E-state index in [1.807, 2.05) is 49.4 Å². The molecule has 3 rings (SSSR count). The molecule has 0 radical (unpaired) electrons. The summed E-state index contributed by atoms with van der Waals surface area (Å²) in [5, 5.41) is 6.89. The second-order valence-electron chi connectivity index (χ2n) is 6.25. The van der Waals surface area contributed by atoms with E-state index in [0.717, 1.165) is 29.0 Å². The zero-order chi connectivity index (χ0) is 18.5. The zero-order valence-corrected chi connectivity index (χ0v) is 15.7. The van der Waals surface area contributed by atoms with Crippen molar-refractivity contribution in [3.05, 3.63) is 64.2 Å². The summed E-state index contributed by atoms with van der Waals surface area (Å²) in [6, 6.07) is 13.0. The number of methoxy groups -OCH3 is 1. The van der Waals surface area contributed by atoms with Crippen molar-refractivity contribution in [3.8, 4) is 5.75 Å². The van der Waals surface area contributed by atoms with Crippen LogP contribution in [-0.2, 0) is 9.53 Å². The lowest BCUT2D eigenvalue weighted by Crippen LogP contribution is -2.48. The zero-order valence-electron chi connectivity index (χ0n) is 14.9. The normalized spacial score (nSPS) is 18.2. The molecular formula is C20H23ClN2O3. The monoisotopic (exact) mass is 374 g/mol. The number of morpholine rings is 1. The Morgan fingerprint density at radius 2 is 2.12 bits per heavy atom. The molecule has 1 fully saturated rings. The number of carbonyl (C=O) groups is 1. The maximum absolute atomic E-state index is 12.8. The molecule has 2 atom stereocenters. The van der Waals surface area contributed by atoms with E-state index in [1.54, 1.807) is 7.11 Å². The number of benzene rings is 2. The number of hydrogen-bond acceptors (Lipinski definition) is 4. The first-order valence-corrected chi connectivity index (χ1v) is 8.99. The molecule has 1 heterocycles. The molecular weight excluding hydrogens is 352 g/mol. The fourth-order valence-corrected chi connectivity index (χ4v) is 3.35. The molecule has 1 aliphatic rings. The first kappa shape index (κ1) is 18.7. The van der Waals surface area contributed by atoms with Crippen molar-refractivity contribution in [2.75, 3.05) is 26.8 Å². The van der Waals surface area contributed by atoms with Crippen molar-refractivity contribution in [1.29, 1.82) is 0 Å². The van der Waals surface area contributed by atoms with Gasteiger partial charge in [0.05, 0.1) is 19.8 Å². The first-order valence-electron chi connectivity index (χ1n) is 8.62. The lowest BCUT2D eigenvalue weighted by atomic mass is 9.94. The van der Waals surface area contributed by atoms with Gasteiger partial charge in [-0.3, -0.25) is 4.79 Å². The standard InChI is InChI=1S/C20H23ClN2O3/c1-13-11-14(25-2)7-8-15(13)19(16-5-3-4-6-17(16)21)23-20(24)18-12-22-9-10-26-18/h3-8,11,18-19,22H,9-10,12H2,1-2H3,(H,23,24). The van der Waals surface area contributed by atoms with Crippen LogP contribution in [0.1, 0.15) is 22.7 Å². The SMILES string of the molecule is COc1ccc(C(NC(=O)C2CNCCO2)c2ccccc2Cl)c(C)c1. The van der Waals surface area contributed by atoms with Crippen molar-refractivity contribution in [2.45, 2.75) is 19.1 Å². The van der Waals surface area contributed by atoms with Gasteiger partial charge in [0.25, 0.3) is 5.91 Å². The lowest BCUT2D eigenvalue weighted by Gasteiger charge is -2.27. The topological polar surface area (TPSA) is 59.6 Å². The predicted octanol–water partition coefficient (Wildman–Crippen LogP) is 2.85. The molecule has 0 bridgehead atoms. The summed E-state index contributed by atoms with van der Waals surface area (Å²) < 4.78 is 10.9. The van der Waals surface area contributed by atoms with Gasteiger partial charge in [-0.05, 0) is 41.8 Å². The molecule has 1 saturated heterocycles. The van der Waals surface area contributed by atoms with E-state index in [1.165, 1.54) is 0 Å². The Morgan fingerprint density at radius 3 is 2.77 bits per heavy atom. The van der Waals surface area contributed by atoms with Crippen LogP contribution in [0.3, 0.4) is 0 Å². The fourth-order valence-electron chi connectivity index (χ4n) is 3.10. The van der Waals surface area contributed by atoms with E-state index in [0.29, 0.717) is 18.2 Å². The van der Waals surface area contributed by atoms with Crippen LogP contribution in [0.4, 0.5) is 0 Å². The van der Waals surface area contributed by atoms with Gasteiger partial charge in [0.2, 0.25) is 0 Å². The summed E-state index contributed by atoms with van der Waals surface area (Å²) in [7, 11) is 1.63. The van der Waals surface area contributed by atoms with Crippen molar-refractivity contribution < 1.29 is 14.3 Å². The number of ether oxygens (including phenoxy) is 2. The van der Waals surface area contributed by atoms with Crippen molar-refractivity contribution in [1.82, 2.24) is 10.6 Å². The van der Waals surface area contributed by atoms with Gasteiger partial charge < -0.3 is 20.1 Å². The second-order valence-corrected chi connectivity index (χ2v) is 6.66. The summed E-state index contributed by atoms with van der Waals surface area (Å²) in [5.74, 6) is 0.618. The van der Waals surface area contributed by atoms with E-state index in [-0.39, 0.29) is 11.9 Å². The number of aryl methyl sites for hydroxylation is 1. The molecule has 2 aromatic rings. The van der Waals surface area contributed by atoms with E-state index in [4.69, 9.17) is 21.1 Å². The molecule has 5 nitrogen and oxygen atoms in total. The minimum absolute atomic E-state index is 0.155. The van der Waals surface area contributed by atoms with E-state index in [9.17, 15) is 4.79 Å². The molecule has 0 saturated carbocycles. The molecule has 0 aliphatic carbocycles. The number of carbonyl (C=O) groups excluding carboxylic acids is 1. The Labute approximate surface area is 158 Å².